The zero-order valence-corrected chi connectivity index (χ0v) is 12.4. The molecular weight excluding hydrogens is 324 g/mol. The van der Waals surface area contributed by atoms with Gasteiger partial charge in [0.2, 0.25) is 0 Å². The van der Waals surface area contributed by atoms with Crippen molar-refractivity contribution < 1.29 is 4.42 Å². The molecule has 96 valence electrons. The van der Waals surface area contributed by atoms with Gasteiger partial charge in [-0.15, -0.1) is 11.3 Å². The quantitative estimate of drug-likeness (QED) is 0.777. The van der Waals surface area contributed by atoms with Gasteiger partial charge in [-0.3, -0.25) is 0 Å². The van der Waals surface area contributed by atoms with Crippen LogP contribution in [0.4, 0.5) is 0 Å². The molecule has 3 aromatic rings. The van der Waals surface area contributed by atoms with Gasteiger partial charge in [0.25, 0.3) is 0 Å². The highest BCUT2D eigenvalue weighted by molar-refractivity contribution is 9.10. The number of aromatic nitrogens is 1. The van der Waals surface area contributed by atoms with E-state index in [0.29, 0.717) is 11.2 Å². The largest absolute Gasteiger partial charge is 0.448 e. The van der Waals surface area contributed by atoms with E-state index in [-0.39, 0.29) is 0 Å². The number of hydrogen-bond donors (Lipinski definition) is 1. The highest BCUT2D eigenvalue weighted by Crippen LogP contribution is 2.30. The van der Waals surface area contributed by atoms with Gasteiger partial charge in [0, 0.05) is 17.5 Å². The van der Waals surface area contributed by atoms with E-state index >= 15 is 0 Å². The normalized spacial score (nSPS) is 10.8. The molecule has 0 fully saturated rings. The number of furan rings is 1. The zero-order chi connectivity index (χ0) is 13.2. The Kier molecular flexibility index (Phi) is 3.50. The molecule has 0 aliphatic rings. The van der Waals surface area contributed by atoms with Crippen LogP contribution in [-0.4, -0.2) is 4.98 Å². The van der Waals surface area contributed by atoms with Crippen LogP contribution in [0.15, 0.2) is 50.9 Å². The van der Waals surface area contributed by atoms with E-state index < -0.39 is 0 Å². The van der Waals surface area contributed by atoms with Gasteiger partial charge in [-0.05, 0) is 33.6 Å². The molecule has 0 saturated heterocycles. The Bertz CT molecular complexity index is 688. The number of rotatable bonds is 3. The smallest absolute Gasteiger partial charge is 0.169 e. The van der Waals surface area contributed by atoms with Gasteiger partial charge >= 0.3 is 0 Å². The van der Waals surface area contributed by atoms with Crippen LogP contribution in [0, 0.1) is 0 Å². The SMILES string of the molecule is NCc1ccc(-c2nc(-c3ccc(Br)o3)cs2)cc1. The lowest BCUT2D eigenvalue weighted by molar-refractivity contribution is 0.554. The predicted molar refractivity (Wildman–Crippen MR) is 80.8 cm³/mol. The van der Waals surface area contributed by atoms with Crippen LogP contribution < -0.4 is 5.73 Å². The molecule has 0 atom stereocenters. The summed E-state index contributed by atoms with van der Waals surface area (Å²) in [6.07, 6.45) is 0. The first-order valence-electron chi connectivity index (χ1n) is 5.77. The summed E-state index contributed by atoms with van der Waals surface area (Å²) in [7, 11) is 0. The van der Waals surface area contributed by atoms with Crippen LogP contribution >= 0.6 is 27.3 Å². The summed E-state index contributed by atoms with van der Waals surface area (Å²) in [6, 6.07) is 11.9. The minimum atomic E-state index is 0.559. The maximum Gasteiger partial charge on any atom is 0.169 e. The molecule has 2 N–H and O–H groups in total. The van der Waals surface area contributed by atoms with Gasteiger partial charge in [0.1, 0.15) is 10.7 Å². The number of nitrogens with zero attached hydrogens (tertiary/aromatic N) is 1. The molecule has 0 unspecified atom stereocenters. The Morgan fingerprint density at radius 1 is 1.16 bits per heavy atom. The van der Waals surface area contributed by atoms with Gasteiger partial charge in [-0.25, -0.2) is 4.98 Å². The van der Waals surface area contributed by atoms with Crippen molar-refractivity contribution in [2.45, 2.75) is 6.54 Å². The average Bonchev–Trinajstić information content (AvgIpc) is 3.07. The monoisotopic (exact) mass is 334 g/mol. The number of nitrogens with two attached hydrogens (primary N) is 1. The number of benzene rings is 1. The minimum Gasteiger partial charge on any atom is -0.448 e. The number of halogens is 1. The van der Waals surface area contributed by atoms with E-state index in [0.717, 1.165) is 27.6 Å². The molecule has 19 heavy (non-hydrogen) atoms. The van der Waals surface area contributed by atoms with E-state index in [1.165, 1.54) is 0 Å². The van der Waals surface area contributed by atoms with Crippen molar-refractivity contribution in [1.82, 2.24) is 4.98 Å². The summed E-state index contributed by atoms with van der Waals surface area (Å²) in [5, 5.41) is 2.98. The summed E-state index contributed by atoms with van der Waals surface area (Å²) < 4.78 is 6.21. The Morgan fingerprint density at radius 2 is 1.95 bits per heavy atom. The molecule has 0 aliphatic carbocycles. The first-order valence-corrected chi connectivity index (χ1v) is 7.44. The number of hydrogen-bond acceptors (Lipinski definition) is 4. The number of thiazole rings is 1. The standard InChI is InChI=1S/C14H11BrN2OS/c15-13-6-5-12(18-13)11-8-19-14(17-11)10-3-1-9(7-16)2-4-10/h1-6,8H,7,16H2. The highest BCUT2D eigenvalue weighted by Gasteiger charge is 2.09. The Labute approximate surface area is 123 Å². The molecule has 0 aliphatic heterocycles. The van der Waals surface area contributed by atoms with E-state index in [2.05, 4.69) is 20.9 Å². The molecule has 3 rings (SSSR count). The van der Waals surface area contributed by atoms with E-state index in [1.807, 2.05) is 41.8 Å². The summed E-state index contributed by atoms with van der Waals surface area (Å²) in [4.78, 5) is 4.59. The fourth-order valence-corrected chi connectivity index (χ4v) is 2.88. The maximum atomic E-state index is 5.59. The van der Waals surface area contributed by atoms with Crippen molar-refractivity contribution >= 4 is 27.3 Å². The lowest BCUT2D eigenvalue weighted by Crippen LogP contribution is -1.95. The second-order valence-electron chi connectivity index (χ2n) is 4.04. The third-order valence-corrected chi connectivity index (χ3v) is 4.08. The molecule has 5 heteroatoms. The molecular formula is C14H11BrN2OS. The maximum absolute atomic E-state index is 5.59. The van der Waals surface area contributed by atoms with Crippen LogP contribution in [0.3, 0.4) is 0 Å². The highest BCUT2D eigenvalue weighted by atomic mass is 79.9. The molecule has 0 spiro atoms. The van der Waals surface area contributed by atoms with Crippen LogP contribution in [-0.2, 0) is 6.54 Å². The predicted octanol–water partition coefficient (Wildman–Crippen LogP) is 4.29. The Morgan fingerprint density at radius 3 is 2.58 bits per heavy atom. The Balaban J connectivity index is 1.91. The third-order valence-electron chi connectivity index (χ3n) is 2.77. The fraction of sp³-hybridized carbons (Fsp3) is 0.0714. The fourth-order valence-electron chi connectivity index (χ4n) is 1.75. The van der Waals surface area contributed by atoms with E-state index in [4.69, 9.17) is 10.2 Å². The van der Waals surface area contributed by atoms with E-state index in [9.17, 15) is 0 Å². The molecule has 0 radical (unpaired) electrons. The lowest BCUT2D eigenvalue weighted by Gasteiger charge is -1.98. The van der Waals surface area contributed by atoms with Crippen molar-refractivity contribution in [3.05, 3.63) is 52.0 Å². The van der Waals surface area contributed by atoms with Crippen molar-refractivity contribution in [3.8, 4) is 22.0 Å². The lowest BCUT2D eigenvalue weighted by atomic mass is 10.1. The first-order chi connectivity index (χ1) is 9.26. The van der Waals surface area contributed by atoms with Crippen LogP contribution in [0.1, 0.15) is 5.56 Å². The summed E-state index contributed by atoms with van der Waals surface area (Å²) in [5.74, 6) is 0.771. The topological polar surface area (TPSA) is 52.0 Å². The van der Waals surface area contributed by atoms with Crippen molar-refractivity contribution in [1.29, 1.82) is 0 Å². The molecule has 0 amide bonds. The summed E-state index contributed by atoms with van der Waals surface area (Å²) >= 11 is 4.90. The molecule has 0 saturated carbocycles. The van der Waals surface area contributed by atoms with Gasteiger partial charge in [-0.2, -0.15) is 0 Å². The summed E-state index contributed by atoms with van der Waals surface area (Å²) in [6.45, 7) is 0.559. The van der Waals surface area contributed by atoms with Gasteiger partial charge in [0.05, 0.1) is 0 Å². The third kappa shape index (κ3) is 2.63. The average molecular weight is 335 g/mol. The second kappa shape index (κ2) is 5.28. The van der Waals surface area contributed by atoms with Gasteiger partial charge in [0.15, 0.2) is 10.4 Å². The van der Waals surface area contributed by atoms with Gasteiger partial charge < -0.3 is 10.2 Å². The minimum absolute atomic E-state index is 0.559. The van der Waals surface area contributed by atoms with Crippen LogP contribution in [0.5, 0.6) is 0 Å². The summed E-state index contributed by atoms with van der Waals surface area (Å²) in [5.41, 5.74) is 8.66. The van der Waals surface area contributed by atoms with Crippen LogP contribution in [0.25, 0.3) is 22.0 Å². The van der Waals surface area contributed by atoms with Gasteiger partial charge in [-0.1, -0.05) is 24.3 Å². The molecule has 2 heterocycles. The zero-order valence-electron chi connectivity index (χ0n) is 9.97. The van der Waals surface area contributed by atoms with Crippen molar-refractivity contribution in [3.63, 3.8) is 0 Å². The van der Waals surface area contributed by atoms with Crippen LogP contribution in [0.2, 0.25) is 0 Å². The molecule has 0 bridgehead atoms. The molecule has 1 aromatic carbocycles. The Hall–Kier alpha value is -1.43. The molecule has 3 nitrogen and oxygen atoms in total. The van der Waals surface area contributed by atoms with Crippen molar-refractivity contribution in [2.75, 3.05) is 0 Å². The second-order valence-corrected chi connectivity index (χ2v) is 5.68. The first kappa shape index (κ1) is 12.6. The van der Waals surface area contributed by atoms with E-state index in [1.54, 1.807) is 11.3 Å². The molecule has 2 aromatic heterocycles. The van der Waals surface area contributed by atoms with Crippen molar-refractivity contribution in [2.24, 2.45) is 5.73 Å².